The largest absolute Gasteiger partial charge is 0.434 e. The molecule has 0 unspecified atom stereocenters. The number of aromatic nitrogens is 2. The first-order valence-corrected chi connectivity index (χ1v) is 13.4. The topological polar surface area (TPSA) is 82.0 Å². The highest BCUT2D eigenvalue weighted by Crippen LogP contribution is 2.46. The highest BCUT2D eigenvalue weighted by Gasteiger charge is 2.39. The van der Waals surface area contributed by atoms with Gasteiger partial charge in [-0.25, -0.2) is 9.83 Å². The van der Waals surface area contributed by atoms with E-state index >= 15 is 0 Å². The third-order valence-electron chi connectivity index (χ3n) is 7.25. The number of halogens is 2. The van der Waals surface area contributed by atoms with Crippen LogP contribution < -0.4 is 4.74 Å². The SMILES string of the molecule is [C-]#[N+]c1ccc2nc(C3(O)CCC(OCc4c(-c5ccccc5OC(F)F)noc4C4CC4)CC3)sc2c1. The van der Waals surface area contributed by atoms with Gasteiger partial charge in [0.1, 0.15) is 27.8 Å². The third kappa shape index (κ3) is 4.89. The summed E-state index contributed by atoms with van der Waals surface area (Å²) in [6.07, 6.45) is 4.20. The van der Waals surface area contributed by atoms with E-state index in [9.17, 15) is 13.9 Å². The Labute approximate surface area is 221 Å². The quantitative estimate of drug-likeness (QED) is 0.237. The fourth-order valence-corrected chi connectivity index (χ4v) is 6.18. The molecule has 0 bridgehead atoms. The van der Waals surface area contributed by atoms with Gasteiger partial charge in [-0.15, -0.1) is 11.3 Å². The molecule has 0 spiro atoms. The van der Waals surface area contributed by atoms with Gasteiger partial charge in [-0.1, -0.05) is 23.4 Å². The smallest absolute Gasteiger partial charge is 0.387 e. The average molecular weight is 538 g/mol. The summed E-state index contributed by atoms with van der Waals surface area (Å²) in [4.78, 5) is 8.12. The van der Waals surface area contributed by atoms with Crippen molar-refractivity contribution in [2.24, 2.45) is 0 Å². The van der Waals surface area contributed by atoms with Crippen LogP contribution in [0, 0.1) is 6.57 Å². The minimum Gasteiger partial charge on any atom is -0.434 e. The Morgan fingerprint density at radius 3 is 2.68 bits per heavy atom. The van der Waals surface area contributed by atoms with Crippen molar-refractivity contribution in [1.82, 2.24) is 10.1 Å². The van der Waals surface area contributed by atoms with Crippen LogP contribution in [0.4, 0.5) is 14.5 Å². The molecule has 10 heteroatoms. The van der Waals surface area contributed by atoms with E-state index in [0.29, 0.717) is 47.6 Å². The van der Waals surface area contributed by atoms with Gasteiger partial charge in [0, 0.05) is 21.7 Å². The molecule has 0 aliphatic heterocycles. The molecule has 196 valence electrons. The average Bonchev–Trinajstić information content (AvgIpc) is 3.52. The van der Waals surface area contributed by atoms with Crippen molar-refractivity contribution >= 4 is 27.2 Å². The molecule has 7 nitrogen and oxygen atoms in total. The number of alkyl halides is 2. The van der Waals surface area contributed by atoms with Crippen molar-refractivity contribution in [2.75, 3.05) is 0 Å². The van der Waals surface area contributed by atoms with E-state index in [1.165, 1.54) is 17.4 Å². The first-order valence-electron chi connectivity index (χ1n) is 12.6. The number of nitrogens with zero attached hydrogens (tertiary/aromatic N) is 3. The van der Waals surface area contributed by atoms with Crippen molar-refractivity contribution in [2.45, 2.75) is 69.4 Å². The number of hydrogen-bond donors (Lipinski definition) is 1. The number of fused-ring (bicyclic) bond motifs is 1. The number of thiazole rings is 1. The lowest BCUT2D eigenvalue weighted by molar-refractivity contribution is -0.0641. The number of rotatable bonds is 8. The van der Waals surface area contributed by atoms with Crippen LogP contribution in [-0.2, 0) is 16.9 Å². The summed E-state index contributed by atoms with van der Waals surface area (Å²) in [6, 6.07) is 11.9. The molecule has 0 saturated heterocycles. The van der Waals surface area contributed by atoms with Crippen molar-refractivity contribution in [1.29, 1.82) is 0 Å². The van der Waals surface area contributed by atoms with E-state index in [1.807, 2.05) is 6.07 Å². The number of hydrogen-bond acceptors (Lipinski definition) is 7. The van der Waals surface area contributed by atoms with Gasteiger partial charge in [0.15, 0.2) is 5.69 Å². The van der Waals surface area contributed by atoms with Crippen molar-refractivity contribution < 1.29 is 27.9 Å². The van der Waals surface area contributed by atoms with Gasteiger partial charge in [-0.3, -0.25) is 0 Å². The van der Waals surface area contributed by atoms with Crippen LogP contribution in [0.1, 0.15) is 60.8 Å². The van der Waals surface area contributed by atoms with Crippen LogP contribution in [0.2, 0.25) is 0 Å². The van der Waals surface area contributed by atoms with E-state index < -0.39 is 12.2 Å². The molecule has 2 aliphatic rings. The fraction of sp³-hybridized carbons (Fsp3) is 0.393. The van der Waals surface area contributed by atoms with Crippen LogP contribution in [0.3, 0.4) is 0 Å². The molecule has 6 rings (SSSR count). The number of ether oxygens (including phenoxy) is 2. The summed E-state index contributed by atoms with van der Waals surface area (Å²) in [5.41, 5.74) is 1.97. The molecule has 0 radical (unpaired) electrons. The van der Waals surface area contributed by atoms with Crippen LogP contribution in [-0.4, -0.2) is 28.0 Å². The maximum absolute atomic E-state index is 13.0. The molecule has 2 aromatic carbocycles. The second-order valence-corrected chi connectivity index (χ2v) is 10.9. The molecular formula is C28H25F2N3O4S. The van der Waals surface area contributed by atoms with Gasteiger partial charge in [0.25, 0.3) is 0 Å². The second kappa shape index (κ2) is 10.1. The second-order valence-electron chi connectivity index (χ2n) is 9.85. The first-order chi connectivity index (χ1) is 18.4. The van der Waals surface area contributed by atoms with E-state index in [1.54, 1.807) is 30.3 Å². The Morgan fingerprint density at radius 1 is 1.16 bits per heavy atom. The Morgan fingerprint density at radius 2 is 1.95 bits per heavy atom. The molecule has 0 amide bonds. The zero-order chi connectivity index (χ0) is 26.3. The molecular weight excluding hydrogens is 512 g/mol. The first kappa shape index (κ1) is 24.9. The lowest BCUT2D eigenvalue weighted by Crippen LogP contribution is -2.34. The normalized spacial score (nSPS) is 21.6. The van der Waals surface area contributed by atoms with Crippen LogP contribution in [0.15, 0.2) is 47.0 Å². The van der Waals surface area contributed by atoms with Crippen molar-refractivity contribution in [3.63, 3.8) is 0 Å². The minimum absolute atomic E-state index is 0.0430. The summed E-state index contributed by atoms with van der Waals surface area (Å²) in [6.45, 7) is 4.50. The molecule has 2 aromatic heterocycles. The Kier molecular flexibility index (Phi) is 6.60. The zero-order valence-electron chi connectivity index (χ0n) is 20.4. The van der Waals surface area contributed by atoms with E-state index in [2.05, 4.69) is 15.0 Å². The maximum atomic E-state index is 13.0. The summed E-state index contributed by atoms with van der Waals surface area (Å²) >= 11 is 1.43. The Hall–Kier alpha value is -3.39. The zero-order valence-corrected chi connectivity index (χ0v) is 21.2. The summed E-state index contributed by atoms with van der Waals surface area (Å²) in [5.74, 6) is 1.05. The van der Waals surface area contributed by atoms with Crippen molar-refractivity contribution in [3.05, 3.63) is 70.2 Å². The monoisotopic (exact) mass is 537 g/mol. The van der Waals surface area contributed by atoms with E-state index in [4.69, 9.17) is 20.6 Å². The number of aliphatic hydroxyl groups is 1. The third-order valence-corrected chi connectivity index (χ3v) is 8.46. The Balaban J connectivity index is 1.17. The maximum Gasteiger partial charge on any atom is 0.387 e. The molecule has 4 aromatic rings. The molecule has 38 heavy (non-hydrogen) atoms. The highest BCUT2D eigenvalue weighted by atomic mass is 32.1. The van der Waals surface area contributed by atoms with Crippen LogP contribution in [0.5, 0.6) is 5.75 Å². The summed E-state index contributed by atoms with van der Waals surface area (Å²) < 4.78 is 43.6. The van der Waals surface area contributed by atoms with E-state index in [-0.39, 0.29) is 24.4 Å². The van der Waals surface area contributed by atoms with Crippen LogP contribution in [0.25, 0.3) is 26.3 Å². The molecule has 0 atom stereocenters. The van der Waals surface area contributed by atoms with Gasteiger partial charge in [0.2, 0.25) is 0 Å². The summed E-state index contributed by atoms with van der Waals surface area (Å²) in [5, 5.41) is 16.3. The van der Waals surface area contributed by atoms with Gasteiger partial charge in [0.05, 0.1) is 24.8 Å². The lowest BCUT2D eigenvalue weighted by Gasteiger charge is -2.34. The summed E-state index contributed by atoms with van der Waals surface area (Å²) in [7, 11) is 0. The number of para-hydroxylation sites is 1. The molecule has 2 fully saturated rings. The standard InChI is InChI=1S/C28H25F2N3O4S/c1-31-17-8-9-21-23(14-17)38-26(32-21)28(34)12-10-18(11-13-28)35-15-20-24(33-37-25(20)16-6-7-16)19-4-2-3-5-22(19)36-27(29)30/h2-5,8-9,14,16,18,27,34H,6-7,10-13,15H2. The predicted molar refractivity (Wildman–Crippen MR) is 137 cm³/mol. The van der Waals surface area contributed by atoms with E-state index in [0.717, 1.165) is 34.4 Å². The number of benzene rings is 2. The van der Waals surface area contributed by atoms with Gasteiger partial charge < -0.3 is 19.1 Å². The predicted octanol–water partition coefficient (Wildman–Crippen LogP) is 7.33. The Bertz CT molecular complexity index is 1500. The molecule has 2 saturated carbocycles. The van der Waals surface area contributed by atoms with Gasteiger partial charge in [-0.05, 0) is 62.8 Å². The van der Waals surface area contributed by atoms with Crippen molar-refractivity contribution in [3.8, 4) is 17.0 Å². The molecule has 1 N–H and O–H groups in total. The van der Waals surface area contributed by atoms with Gasteiger partial charge in [-0.2, -0.15) is 8.78 Å². The van der Waals surface area contributed by atoms with Crippen LogP contribution >= 0.6 is 11.3 Å². The molecule has 2 aliphatic carbocycles. The minimum atomic E-state index is -2.95. The highest BCUT2D eigenvalue weighted by molar-refractivity contribution is 7.18. The molecule has 2 heterocycles. The fourth-order valence-electron chi connectivity index (χ4n) is 5.03. The van der Waals surface area contributed by atoms with Gasteiger partial charge >= 0.3 is 6.61 Å². The lowest BCUT2D eigenvalue weighted by atomic mass is 9.83.